The highest BCUT2D eigenvalue weighted by Crippen LogP contribution is 2.29. The molecule has 1 aromatic carbocycles. The molecular formula is C13H9BrClN3. The summed E-state index contributed by atoms with van der Waals surface area (Å²) in [5.41, 5.74) is 3.70. The summed E-state index contributed by atoms with van der Waals surface area (Å²) in [6.45, 7) is 2.01. The van der Waals surface area contributed by atoms with Crippen LogP contribution in [0.1, 0.15) is 5.56 Å². The number of hydrogen-bond acceptors (Lipinski definition) is 2. The molecule has 0 aliphatic heterocycles. The number of benzene rings is 1. The minimum Gasteiger partial charge on any atom is -0.337 e. The zero-order chi connectivity index (χ0) is 12.7. The minimum absolute atomic E-state index is 0.669. The van der Waals surface area contributed by atoms with Gasteiger partial charge in [0.25, 0.3) is 0 Å². The van der Waals surface area contributed by atoms with Gasteiger partial charge in [-0.05, 0) is 46.6 Å². The molecule has 3 nitrogen and oxygen atoms in total. The van der Waals surface area contributed by atoms with E-state index in [0.29, 0.717) is 5.02 Å². The first-order chi connectivity index (χ1) is 8.65. The maximum atomic E-state index is 6.02. The summed E-state index contributed by atoms with van der Waals surface area (Å²) >= 11 is 9.48. The fourth-order valence-electron chi connectivity index (χ4n) is 1.89. The van der Waals surface area contributed by atoms with Crippen molar-refractivity contribution in [3.8, 4) is 11.5 Å². The maximum Gasteiger partial charge on any atom is 0.157 e. The highest BCUT2D eigenvalue weighted by atomic mass is 79.9. The van der Waals surface area contributed by atoms with E-state index in [1.54, 1.807) is 6.20 Å². The Balaban J connectivity index is 2.26. The summed E-state index contributed by atoms with van der Waals surface area (Å²) < 4.78 is 0.876. The van der Waals surface area contributed by atoms with E-state index in [-0.39, 0.29) is 0 Å². The van der Waals surface area contributed by atoms with Crippen molar-refractivity contribution < 1.29 is 0 Å². The Morgan fingerprint density at radius 2 is 2.17 bits per heavy atom. The number of nitrogens with zero attached hydrogens (tertiary/aromatic N) is 2. The van der Waals surface area contributed by atoms with Crippen molar-refractivity contribution in [3.05, 3.63) is 45.5 Å². The first-order valence-electron chi connectivity index (χ1n) is 5.42. The molecule has 0 spiro atoms. The predicted molar refractivity (Wildman–Crippen MR) is 76.8 cm³/mol. The maximum absolute atomic E-state index is 6.02. The molecule has 0 fully saturated rings. The van der Waals surface area contributed by atoms with E-state index in [9.17, 15) is 0 Å². The molecule has 0 bridgehead atoms. The van der Waals surface area contributed by atoms with E-state index >= 15 is 0 Å². The van der Waals surface area contributed by atoms with Gasteiger partial charge in [-0.25, -0.2) is 4.98 Å². The molecule has 3 rings (SSSR count). The second-order valence-corrected chi connectivity index (χ2v) is 5.33. The van der Waals surface area contributed by atoms with Gasteiger partial charge in [0, 0.05) is 15.7 Å². The molecule has 0 atom stereocenters. The number of fused-ring (bicyclic) bond motifs is 1. The van der Waals surface area contributed by atoms with E-state index in [2.05, 4.69) is 30.9 Å². The van der Waals surface area contributed by atoms with Crippen LogP contribution in [-0.2, 0) is 0 Å². The second-order valence-electron chi connectivity index (χ2n) is 4.04. The van der Waals surface area contributed by atoms with Crippen LogP contribution in [0.2, 0.25) is 5.02 Å². The number of hydrogen-bond donors (Lipinski definition) is 1. The molecule has 1 N–H and O–H groups in total. The molecule has 90 valence electrons. The number of rotatable bonds is 1. The van der Waals surface area contributed by atoms with Crippen LogP contribution >= 0.6 is 27.5 Å². The predicted octanol–water partition coefficient (Wildman–Crippen LogP) is 4.35. The van der Waals surface area contributed by atoms with Gasteiger partial charge in [0.1, 0.15) is 11.2 Å². The summed E-state index contributed by atoms with van der Waals surface area (Å²) in [7, 11) is 0. The zero-order valence-electron chi connectivity index (χ0n) is 9.54. The SMILES string of the molecule is Cc1cccnc1-c1nc2c(Br)cc(Cl)cc2[nH]1. The van der Waals surface area contributed by atoms with Crippen molar-refractivity contribution in [1.82, 2.24) is 15.0 Å². The van der Waals surface area contributed by atoms with Crippen LogP contribution in [0.25, 0.3) is 22.6 Å². The Kier molecular flexibility index (Phi) is 2.84. The van der Waals surface area contributed by atoms with E-state index < -0.39 is 0 Å². The summed E-state index contributed by atoms with van der Waals surface area (Å²) in [5.74, 6) is 0.756. The van der Waals surface area contributed by atoms with Crippen molar-refractivity contribution in [2.45, 2.75) is 6.92 Å². The van der Waals surface area contributed by atoms with Gasteiger partial charge in [-0.2, -0.15) is 0 Å². The number of aromatic amines is 1. The smallest absolute Gasteiger partial charge is 0.157 e. The molecule has 3 aromatic rings. The third-order valence-electron chi connectivity index (χ3n) is 2.74. The lowest BCUT2D eigenvalue weighted by atomic mass is 10.2. The Bertz CT molecular complexity index is 736. The van der Waals surface area contributed by atoms with Crippen molar-refractivity contribution >= 4 is 38.6 Å². The zero-order valence-corrected chi connectivity index (χ0v) is 11.9. The van der Waals surface area contributed by atoms with Gasteiger partial charge in [-0.15, -0.1) is 0 Å². The molecule has 18 heavy (non-hydrogen) atoms. The third kappa shape index (κ3) is 1.91. The normalized spacial score (nSPS) is 11.1. The molecule has 2 heterocycles. The minimum atomic E-state index is 0.669. The van der Waals surface area contributed by atoms with E-state index in [4.69, 9.17) is 11.6 Å². The van der Waals surface area contributed by atoms with Crippen LogP contribution < -0.4 is 0 Å². The Labute approximate surface area is 117 Å². The lowest BCUT2D eigenvalue weighted by Gasteiger charge is -1.98. The van der Waals surface area contributed by atoms with Crippen molar-refractivity contribution in [3.63, 3.8) is 0 Å². The van der Waals surface area contributed by atoms with Crippen LogP contribution in [0.15, 0.2) is 34.9 Å². The largest absolute Gasteiger partial charge is 0.337 e. The molecule has 2 aromatic heterocycles. The molecule has 0 aliphatic carbocycles. The highest BCUT2D eigenvalue weighted by molar-refractivity contribution is 9.10. The van der Waals surface area contributed by atoms with Gasteiger partial charge in [-0.1, -0.05) is 17.7 Å². The summed E-state index contributed by atoms with van der Waals surface area (Å²) in [5, 5.41) is 0.669. The van der Waals surface area contributed by atoms with E-state index in [0.717, 1.165) is 32.6 Å². The molecule has 0 saturated heterocycles. The quantitative estimate of drug-likeness (QED) is 0.723. The van der Waals surface area contributed by atoms with E-state index in [1.165, 1.54) is 0 Å². The molecule has 0 radical (unpaired) electrons. The van der Waals surface area contributed by atoms with Gasteiger partial charge in [0.2, 0.25) is 0 Å². The average molecular weight is 323 g/mol. The second kappa shape index (κ2) is 4.37. The van der Waals surface area contributed by atoms with Gasteiger partial charge < -0.3 is 4.98 Å². The topological polar surface area (TPSA) is 41.6 Å². The third-order valence-corrected chi connectivity index (χ3v) is 3.56. The van der Waals surface area contributed by atoms with Crippen LogP contribution in [0.3, 0.4) is 0 Å². The monoisotopic (exact) mass is 321 g/mol. The molecule has 0 unspecified atom stereocenters. The standard InChI is InChI=1S/C13H9BrClN3/c1-7-3-2-4-16-11(7)13-17-10-6-8(15)5-9(14)12(10)18-13/h2-6H,1H3,(H,17,18). The summed E-state index contributed by atoms with van der Waals surface area (Å²) in [6, 6.07) is 7.61. The first kappa shape index (κ1) is 11.7. The van der Waals surface area contributed by atoms with Crippen LogP contribution in [0, 0.1) is 6.92 Å². The van der Waals surface area contributed by atoms with Crippen molar-refractivity contribution in [1.29, 1.82) is 0 Å². The molecular weight excluding hydrogens is 314 g/mol. The van der Waals surface area contributed by atoms with E-state index in [1.807, 2.05) is 31.2 Å². The average Bonchev–Trinajstić information content (AvgIpc) is 2.73. The lowest BCUT2D eigenvalue weighted by molar-refractivity contribution is 1.20. The number of halogens is 2. The van der Waals surface area contributed by atoms with Gasteiger partial charge in [-0.3, -0.25) is 4.98 Å². The van der Waals surface area contributed by atoms with Crippen LogP contribution in [-0.4, -0.2) is 15.0 Å². The lowest BCUT2D eigenvalue weighted by Crippen LogP contribution is -1.88. The molecule has 0 amide bonds. The van der Waals surface area contributed by atoms with Gasteiger partial charge in [0.15, 0.2) is 5.82 Å². The summed E-state index contributed by atoms with van der Waals surface area (Å²) in [6.07, 6.45) is 1.76. The summed E-state index contributed by atoms with van der Waals surface area (Å²) in [4.78, 5) is 12.2. The Hall–Kier alpha value is -1.39. The number of pyridine rings is 1. The first-order valence-corrected chi connectivity index (χ1v) is 6.59. The number of nitrogens with one attached hydrogen (secondary N) is 1. The number of aryl methyl sites for hydroxylation is 1. The molecule has 0 saturated carbocycles. The Morgan fingerprint density at radius 3 is 2.94 bits per heavy atom. The number of aromatic nitrogens is 3. The number of H-pyrrole nitrogens is 1. The number of imidazole rings is 1. The van der Waals surface area contributed by atoms with Gasteiger partial charge in [0.05, 0.1) is 5.52 Å². The fourth-order valence-corrected chi connectivity index (χ4v) is 2.79. The molecule has 0 aliphatic rings. The van der Waals surface area contributed by atoms with Crippen LogP contribution in [0.4, 0.5) is 0 Å². The van der Waals surface area contributed by atoms with Crippen molar-refractivity contribution in [2.75, 3.05) is 0 Å². The highest BCUT2D eigenvalue weighted by Gasteiger charge is 2.11. The van der Waals surface area contributed by atoms with Gasteiger partial charge >= 0.3 is 0 Å². The molecule has 5 heteroatoms. The fraction of sp³-hybridized carbons (Fsp3) is 0.0769. The van der Waals surface area contributed by atoms with Crippen LogP contribution in [0.5, 0.6) is 0 Å². The van der Waals surface area contributed by atoms with Crippen molar-refractivity contribution in [2.24, 2.45) is 0 Å². The Morgan fingerprint density at radius 1 is 1.33 bits per heavy atom.